The summed E-state index contributed by atoms with van der Waals surface area (Å²) in [6, 6.07) is 0.729. The molecule has 1 amide bonds. The van der Waals surface area contributed by atoms with Crippen LogP contribution < -0.4 is 5.73 Å². The molecule has 2 heterocycles. The van der Waals surface area contributed by atoms with Crippen molar-refractivity contribution >= 4 is 6.09 Å². The van der Waals surface area contributed by atoms with E-state index in [1.165, 1.54) is 0 Å². The molecule has 0 aromatic heterocycles. The maximum absolute atomic E-state index is 12.2. The molecule has 5 heteroatoms. The van der Waals surface area contributed by atoms with E-state index in [2.05, 4.69) is 18.7 Å². The average Bonchev–Trinajstić information content (AvgIpc) is 2.66. The Hall–Kier alpha value is -0.810. The zero-order valence-electron chi connectivity index (χ0n) is 14.2. The van der Waals surface area contributed by atoms with Crippen molar-refractivity contribution < 1.29 is 9.53 Å². The van der Waals surface area contributed by atoms with Crippen LogP contribution in [0.5, 0.6) is 0 Å². The molecule has 2 aliphatic rings. The van der Waals surface area contributed by atoms with E-state index in [4.69, 9.17) is 10.5 Å². The van der Waals surface area contributed by atoms with E-state index >= 15 is 0 Å². The normalized spacial score (nSPS) is 26.6. The van der Waals surface area contributed by atoms with E-state index in [1.54, 1.807) is 0 Å². The molecule has 2 saturated heterocycles. The highest BCUT2D eigenvalue weighted by Gasteiger charge is 2.49. The summed E-state index contributed by atoms with van der Waals surface area (Å²) >= 11 is 0. The molecule has 0 saturated carbocycles. The summed E-state index contributed by atoms with van der Waals surface area (Å²) in [5.74, 6) is 0. The van der Waals surface area contributed by atoms with E-state index in [0.29, 0.717) is 6.04 Å². The molecule has 1 spiro atoms. The number of nitrogens with two attached hydrogens (primary N) is 1. The lowest BCUT2D eigenvalue weighted by atomic mass is 9.81. The van der Waals surface area contributed by atoms with Crippen molar-refractivity contribution in [3.8, 4) is 0 Å². The van der Waals surface area contributed by atoms with Gasteiger partial charge >= 0.3 is 6.09 Å². The van der Waals surface area contributed by atoms with E-state index in [1.807, 2.05) is 25.7 Å². The summed E-state index contributed by atoms with van der Waals surface area (Å²) in [6.45, 7) is 12.8. The summed E-state index contributed by atoms with van der Waals surface area (Å²) in [6.07, 6.45) is 2.77. The predicted molar refractivity (Wildman–Crippen MR) is 84.2 cm³/mol. The van der Waals surface area contributed by atoms with Gasteiger partial charge in [0.15, 0.2) is 0 Å². The number of piperidine rings is 1. The van der Waals surface area contributed by atoms with Crippen molar-refractivity contribution in [2.75, 3.05) is 19.6 Å². The number of hydrogen-bond donors (Lipinski definition) is 1. The average molecular weight is 297 g/mol. The first-order chi connectivity index (χ1) is 9.66. The molecule has 122 valence electrons. The van der Waals surface area contributed by atoms with Gasteiger partial charge in [0, 0.05) is 37.3 Å². The van der Waals surface area contributed by atoms with Gasteiger partial charge in [-0.25, -0.2) is 4.79 Å². The number of hydrogen-bond acceptors (Lipinski definition) is 4. The molecule has 1 unspecified atom stereocenters. The first kappa shape index (κ1) is 16.6. The molecule has 1 atom stereocenters. The van der Waals surface area contributed by atoms with Gasteiger partial charge in [-0.05, 0) is 53.9 Å². The van der Waals surface area contributed by atoms with E-state index in [-0.39, 0.29) is 17.7 Å². The van der Waals surface area contributed by atoms with Gasteiger partial charge in [-0.15, -0.1) is 0 Å². The van der Waals surface area contributed by atoms with Gasteiger partial charge in [0.05, 0.1) is 0 Å². The summed E-state index contributed by atoms with van der Waals surface area (Å²) in [5, 5.41) is 0. The smallest absolute Gasteiger partial charge is 0.410 e. The number of carbonyl (C=O) groups excluding carboxylic acids is 1. The third kappa shape index (κ3) is 3.34. The fourth-order valence-corrected chi connectivity index (χ4v) is 3.82. The molecule has 0 bridgehead atoms. The summed E-state index contributed by atoms with van der Waals surface area (Å²) in [5.41, 5.74) is 6.07. The van der Waals surface area contributed by atoms with Crippen molar-refractivity contribution in [1.29, 1.82) is 0 Å². The number of likely N-dealkylation sites (tertiary alicyclic amines) is 2. The van der Waals surface area contributed by atoms with Crippen LogP contribution >= 0.6 is 0 Å². The van der Waals surface area contributed by atoms with Crippen LogP contribution in [0.2, 0.25) is 0 Å². The molecule has 21 heavy (non-hydrogen) atoms. The van der Waals surface area contributed by atoms with Gasteiger partial charge in [-0.3, -0.25) is 4.90 Å². The second kappa shape index (κ2) is 5.76. The molecule has 2 fully saturated rings. The van der Waals surface area contributed by atoms with Crippen molar-refractivity contribution in [3.05, 3.63) is 0 Å². The highest BCUT2D eigenvalue weighted by Crippen LogP contribution is 2.39. The van der Waals surface area contributed by atoms with Crippen molar-refractivity contribution in [3.63, 3.8) is 0 Å². The van der Waals surface area contributed by atoms with Crippen LogP contribution in [-0.2, 0) is 4.74 Å². The third-order valence-corrected chi connectivity index (χ3v) is 4.85. The van der Waals surface area contributed by atoms with E-state index < -0.39 is 5.60 Å². The van der Waals surface area contributed by atoms with Crippen LogP contribution in [0.25, 0.3) is 0 Å². The summed E-state index contributed by atoms with van der Waals surface area (Å²) in [7, 11) is 0. The molecular weight excluding hydrogens is 266 g/mol. The van der Waals surface area contributed by atoms with Gasteiger partial charge < -0.3 is 15.4 Å². The van der Waals surface area contributed by atoms with Crippen molar-refractivity contribution in [2.24, 2.45) is 5.73 Å². The first-order valence-corrected chi connectivity index (χ1v) is 8.16. The maximum Gasteiger partial charge on any atom is 0.410 e. The fraction of sp³-hybridized carbons (Fsp3) is 0.938. The van der Waals surface area contributed by atoms with Crippen molar-refractivity contribution in [2.45, 2.75) is 77.1 Å². The second-order valence-electron chi connectivity index (χ2n) is 7.75. The minimum absolute atomic E-state index is 0.0761. The molecule has 0 aromatic carbocycles. The largest absolute Gasteiger partial charge is 0.444 e. The van der Waals surface area contributed by atoms with Crippen LogP contribution in [0.15, 0.2) is 0 Å². The molecule has 2 rings (SSSR count). The van der Waals surface area contributed by atoms with Crippen molar-refractivity contribution in [1.82, 2.24) is 9.80 Å². The number of amides is 1. The molecule has 2 aliphatic heterocycles. The Morgan fingerprint density at radius 1 is 1.24 bits per heavy atom. The number of carbonyl (C=O) groups is 1. The zero-order valence-corrected chi connectivity index (χ0v) is 14.2. The molecule has 0 aliphatic carbocycles. The molecular formula is C16H31N3O2. The minimum Gasteiger partial charge on any atom is -0.444 e. The topological polar surface area (TPSA) is 58.8 Å². The molecule has 0 aromatic rings. The van der Waals surface area contributed by atoms with Gasteiger partial charge in [-0.1, -0.05) is 0 Å². The maximum atomic E-state index is 12.2. The Bertz CT molecular complexity index is 381. The third-order valence-electron chi connectivity index (χ3n) is 4.85. The standard InChI is InChI=1S/C16H31N3O2/c1-12(2)19-9-6-13(17)16(19)7-10-18(11-8-16)14(20)21-15(3,4)5/h12-13H,6-11,17H2,1-5H3. The SMILES string of the molecule is CC(C)N1CCC(N)C12CCN(C(=O)OC(C)(C)C)CC2. The minimum atomic E-state index is -0.431. The Balaban J connectivity index is 2.00. The highest BCUT2D eigenvalue weighted by molar-refractivity contribution is 5.68. The number of ether oxygens (including phenoxy) is 1. The zero-order chi connectivity index (χ0) is 15.8. The number of nitrogens with zero attached hydrogens (tertiary/aromatic N) is 2. The number of rotatable bonds is 1. The highest BCUT2D eigenvalue weighted by atomic mass is 16.6. The van der Waals surface area contributed by atoms with Crippen LogP contribution in [0.1, 0.15) is 53.9 Å². The van der Waals surface area contributed by atoms with Crippen LogP contribution in [-0.4, -0.2) is 58.8 Å². The lowest BCUT2D eigenvalue weighted by molar-refractivity contribution is -0.00571. The van der Waals surface area contributed by atoms with Gasteiger partial charge in [-0.2, -0.15) is 0 Å². The second-order valence-corrected chi connectivity index (χ2v) is 7.75. The first-order valence-electron chi connectivity index (χ1n) is 8.16. The van der Waals surface area contributed by atoms with Crippen LogP contribution in [0.3, 0.4) is 0 Å². The molecule has 2 N–H and O–H groups in total. The molecule has 5 nitrogen and oxygen atoms in total. The van der Waals surface area contributed by atoms with Gasteiger partial charge in [0.1, 0.15) is 5.60 Å². The van der Waals surface area contributed by atoms with Crippen LogP contribution in [0, 0.1) is 0 Å². The molecule has 0 radical (unpaired) electrons. The quantitative estimate of drug-likeness (QED) is 0.806. The lowest BCUT2D eigenvalue weighted by Crippen LogP contribution is -2.61. The van der Waals surface area contributed by atoms with Crippen LogP contribution in [0.4, 0.5) is 4.79 Å². The lowest BCUT2D eigenvalue weighted by Gasteiger charge is -2.48. The summed E-state index contributed by atoms with van der Waals surface area (Å²) < 4.78 is 5.47. The van der Waals surface area contributed by atoms with Gasteiger partial charge in [0.2, 0.25) is 0 Å². The van der Waals surface area contributed by atoms with E-state index in [9.17, 15) is 4.79 Å². The fourth-order valence-electron chi connectivity index (χ4n) is 3.82. The monoisotopic (exact) mass is 297 g/mol. The Morgan fingerprint density at radius 2 is 1.81 bits per heavy atom. The Morgan fingerprint density at radius 3 is 2.29 bits per heavy atom. The Kier molecular flexibility index (Phi) is 4.54. The van der Waals surface area contributed by atoms with E-state index in [0.717, 1.165) is 38.9 Å². The Labute approximate surface area is 128 Å². The van der Waals surface area contributed by atoms with Gasteiger partial charge in [0.25, 0.3) is 0 Å². The predicted octanol–water partition coefficient (Wildman–Crippen LogP) is 2.20. The summed E-state index contributed by atoms with van der Waals surface area (Å²) in [4.78, 5) is 16.6.